The van der Waals surface area contributed by atoms with Crippen molar-refractivity contribution in [2.75, 3.05) is 19.4 Å². The second-order valence-corrected chi connectivity index (χ2v) is 5.21. The van der Waals surface area contributed by atoms with Crippen LogP contribution in [0.4, 0.5) is 0 Å². The number of rotatable bonds is 5. The third-order valence-electron chi connectivity index (χ3n) is 2.44. The van der Waals surface area contributed by atoms with E-state index in [0.29, 0.717) is 29.5 Å². The molecule has 0 fully saturated rings. The van der Waals surface area contributed by atoms with Crippen molar-refractivity contribution in [3.8, 4) is 11.8 Å². The highest BCUT2D eigenvalue weighted by atomic mass is 32.2. The van der Waals surface area contributed by atoms with Crippen LogP contribution in [0.1, 0.15) is 29.4 Å². The van der Waals surface area contributed by atoms with Gasteiger partial charge in [-0.15, -0.1) is 0 Å². The van der Waals surface area contributed by atoms with Crippen molar-refractivity contribution in [2.24, 2.45) is 0 Å². The number of nitrogens with one attached hydrogen (secondary N) is 1. The number of pyridine rings is 1. The Morgan fingerprint density at radius 3 is 3.11 bits per heavy atom. The lowest BCUT2D eigenvalue weighted by molar-refractivity contribution is 0.0949. The third kappa shape index (κ3) is 5.33. The van der Waals surface area contributed by atoms with E-state index in [1.807, 2.05) is 13.2 Å². The number of hydrogen-bond donors (Lipinski definition) is 2. The van der Waals surface area contributed by atoms with Gasteiger partial charge in [0.1, 0.15) is 5.69 Å². The first-order valence-corrected chi connectivity index (χ1v) is 7.33. The first kappa shape index (κ1) is 15.5. The monoisotopic (exact) mass is 278 g/mol. The molecule has 1 atom stereocenters. The molecule has 1 aromatic rings. The Hall–Kier alpha value is -1.51. The van der Waals surface area contributed by atoms with Crippen LogP contribution in [0, 0.1) is 11.8 Å². The Labute approximate surface area is 118 Å². The van der Waals surface area contributed by atoms with E-state index in [4.69, 9.17) is 5.11 Å². The molecule has 1 heterocycles. The number of hydrogen-bond acceptors (Lipinski definition) is 4. The number of carbonyl (C=O) groups excluding carboxylic acids is 1. The summed E-state index contributed by atoms with van der Waals surface area (Å²) in [5.41, 5.74) is 0.923. The van der Waals surface area contributed by atoms with E-state index >= 15 is 0 Å². The number of carbonyl (C=O) groups is 1. The summed E-state index contributed by atoms with van der Waals surface area (Å²) < 4.78 is 0. The van der Waals surface area contributed by atoms with Gasteiger partial charge >= 0.3 is 0 Å². The highest BCUT2D eigenvalue weighted by Crippen LogP contribution is 2.06. The first-order chi connectivity index (χ1) is 9.19. The zero-order chi connectivity index (χ0) is 14.1. The molecule has 1 unspecified atom stereocenters. The predicted molar refractivity (Wildman–Crippen MR) is 78.1 cm³/mol. The van der Waals surface area contributed by atoms with Crippen LogP contribution in [0.15, 0.2) is 18.3 Å². The van der Waals surface area contributed by atoms with Crippen molar-refractivity contribution in [3.05, 3.63) is 29.6 Å². The van der Waals surface area contributed by atoms with Crippen molar-refractivity contribution >= 4 is 17.7 Å². The van der Waals surface area contributed by atoms with Gasteiger partial charge in [-0.3, -0.25) is 4.79 Å². The maximum atomic E-state index is 12.0. The summed E-state index contributed by atoms with van der Waals surface area (Å²) in [6.45, 7) is 2.66. The molecule has 0 radical (unpaired) electrons. The molecule has 5 heteroatoms. The topological polar surface area (TPSA) is 62.2 Å². The minimum Gasteiger partial charge on any atom is -0.395 e. The molecule has 0 aliphatic carbocycles. The Balaban J connectivity index is 2.77. The van der Waals surface area contributed by atoms with Gasteiger partial charge in [0, 0.05) is 24.4 Å². The van der Waals surface area contributed by atoms with Crippen LogP contribution in [0.5, 0.6) is 0 Å². The summed E-state index contributed by atoms with van der Waals surface area (Å²) in [4.78, 5) is 16.1. The van der Waals surface area contributed by atoms with Crippen LogP contribution >= 0.6 is 11.8 Å². The van der Waals surface area contributed by atoms with E-state index in [0.717, 1.165) is 0 Å². The zero-order valence-electron chi connectivity index (χ0n) is 11.1. The summed E-state index contributed by atoms with van der Waals surface area (Å²) in [6.07, 6.45) is 3.97. The van der Waals surface area contributed by atoms with Crippen LogP contribution in [0.25, 0.3) is 0 Å². The van der Waals surface area contributed by atoms with Crippen molar-refractivity contribution in [3.63, 3.8) is 0 Å². The number of aliphatic hydroxyl groups is 1. The number of amides is 1. The van der Waals surface area contributed by atoms with Crippen LogP contribution in [0.3, 0.4) is 0 Å². The zero-order valence-corrected chi connectivity index (χ0v) is 12.0. The van der Waals surface area contributed by atoms with E-state index in [1.165, 1.54) is 0 Å². The Morgan fingerprint density at radius 2 is 2.42 bits per heavy atom. The van der Waals surface area contributed by atoms with Gasteiger partial charge in [-0.25, -0.2) is 4.98 Å². The lowest BCUT2D eigenvalue weighted by Gasteiger charge is -2.10. The highest BCUT2D eigenvalue weighted by Gasteiger charge is 2.11. The SMILES string of the molecule is CSC(C)CNC(=O)c1ncccc1C#CCCO. The minimum absolute atomic E-state index is 0.0139. The van der Waals surface area contributed by atoms with Gasteiger partial charge in [-0.05, 0) is 18.4 Å². The van der Waals surface area contributed by atoms with E-state index in [2.05, 4.69) is 22.1 Å². The Bertz CT molecular complexity index is 480. The van der Waals surface area contributed by atoms with Gasteiger partial charge in [0.05, 0.1) is 12.2 Å². The number of aliphatic hydroxyl groups excluding tert-OH is 1. The average Bonchev–Trinajstić information content (AvgIpc) is 2.45. The smallest absolute Gasteiger partial charge is 0.271 e. The number of nitrogens with zero attached hydrogens (tertiary/aromatic N) is 1. The minimum atomic E-state index is -0.213. The van der Waals surface area contributed by atoms with Crippen molar-refractivity contribution in [2.45, 2.75) is 18.6 Å². The molecule has 4 nitrogen and oxygen atoms in total. The lowest BCUT2D eigenvalue weighted by atomic mass is 10.2. The molecular weight excluding hydrogens is 260 g/mol. The third-order valence-corrected chi connectivity index (χ3v) is 3.41. The molecule has 0 spiro atoms. The summed E-state index contributed by atoms with van der Waals surface area (Å²) in [7, 11) is 0. The highest BCUT2D eigenvalue weighted by molar-refractivity contribution is 7.99. The Kier molecular flexibility index (Phi) is 7.01. The standard InChI is InChI=1S/C14H18N2O2S/c1-11(19-2)10-16-14(18)13-12(6-3-4-9-17)7-5-8-15-13/h5,7-8,11,17H,4,9-10H2,1-2H3,(H,16,18). The second-order valence-electron chi connectivity index (χ2n) is 3.93. The number of aromatic nitrogens is 1. The molecule has 2 N–H and O–H groups in total. The van der Waals surface area contributed by atoms with Gasteiger partial charge in [0.25, 0.3) is 5.91 Å². The van der Waals surface area contributed by atoms with Gasteiger partial charge in [0.2, 0.25) is 0 Å². The van der Waals surface area contributed by atoms with Crippen LogP contribution in [-0.4, -0.2) is 40.7 Å². The molecular formula is C14H18N2O2S. The second kappa shape index (κ2) is 8.57. The van der Waals surface area contributed by atoms with E-state index < -0.39 is 0 Å². The molecule has 0 saturated carbocycles. The van der Waals surface area contributed by atoms with Gasteiger partial charge < -0.3 is 10.4 Å². The molecule has 0 bridgehead atoms. The molecule has 19 heavy (non-hydrogen) atoms. The maximum absolute atomic E-state index is 12.0. The molecule has 102 valence electrons. The average molecular weight is 278 g/mol. The largest absolute Gasteiger partial charge is 0.395 e. The maximum Gasteiger partial charge on any atom is 0.271 e. The van der Waals surface area contributed by atoms with Gasteiger partial charge in [-0.1, -0.05) is 18.8 Å². The molecule has 1 amide bonds. The van der Waals surface area contributed by atoms with Crippen LogP contribution in [-0.2, 0) is 0 Å². The molecule has 0 saturated heterocycles. The fourth-order valence-electron chi connectivity index (χ4n) is 1.30. The van der Waals surface area contributed by atoms with Crippen molar-refractivity contribution in [1.82, 2.24) is 10.3 Å². The number of thioether (sulfide) groups is 1. The molecule has 1 rings (SSSR count). The summed E-state index contributed by atoms with van der Waals surface area (Å²) >= 11 is 1.69. The van der Waals surface area contributed by atoms with E-state index in [1.54, 1.807) is 30.1 Å². The fraction of sp³-hybridized carbons (Fsp3) is 0.429. The van der Waals surface area contributed by atoms with E-state index in [9.17, 15) is 4.79 Å². The normalized spacial score (nSPS) is 11.3. The van der Waals surface area contributed by atoms with Gasteiger partial charge in [-0.2, -0.15) is 11.8 Å². The van der Waals surface area contributed by atoms with Crippen molar-refractivity contribution in [1.29, 1.82) is 0 Å². The molecule has 0 aliphatic heterocycles. The summed E-state index contributed by atoms with van der Waals surface area (Å²) in [5, 5.41) is 11.9. The van der Waals surface area contributed by atoms with Gasteiger partial charge in [0.15, 0.2) is 0 Å². The first-order valence-electron chi connectivity index (χ1n) is 6.04. The predicted octanol–water partition coefficient (Wildman–Crippen LogP) is 1.30. The molecule has 0 aromatic carbocycles. The summed E-state index contributed by atoms with van der Waals surface area (Å²) in [6, 6.07) is 3.49. The lowest BCUT2D eigenvalue weighted by Crippen LogP contribution is -2.30. The van der Waals surface area contributed by atoms with Crippen LogP contribution < -0.4 is 5.32 Å². The van der Waals surface area contributed by atoms with Crippen molar-refractivity contribution < 1.29 is 9.90 Å². The summed E-state index contributed by atoms with van der Waals surface area (Å²) in [5.74, 6) is 5.44. The Morgan fingerprint density at radius 1 is 1.63 bits per heavy atom. The van der Waals surface area contributed by atoms with E-state index in [-0.39, 0.29) is 12.5 Å². The molecule has 1 aromatic heterocycles. The quantitative estimate of drug-likeness (QED) is 0.797. The fourth-order valence-corrected chi connectivity index (χ4v) is 1.55. The molecule has 0 aliphatic rings. The van der Waals surface area contributed by atoms with Crippen LogP contribution in [0.2, 0.25) is 0 Å².